The molecule has 3 heterocycles. The number of hydrogen-bond donors (Lipinski definition) is 0. The van der Waals surface area contributed by atoms with Gasteiger partial charge >= 0.3 is 5.95 Å². The van der Waals surface area contributed by atoms with Crippen LogP contribution in [0.2, 0.25) is 0 Å². The summed E-state index contributed by atoms with van der Waals surface area (Å²) in [6, 6.07) is 84.0. The van der Waals surface area contributed by atoms with Gasteiger partial charge in [-0.05, 0) is 81.4 Å². The molecule has 0 unspecified atom stereocenters. The van der Waals surface area contributed by atoms with Crippen LogP contribution in [0.4, 0.5) is 0 Å². The zero-order chi connectivity index (χ0) is 40.3. The fourth-order valence-electron chi connectivity index (χ4n) is 9.93. The van der Waals surface area contributed by atoms with Crippen LogP contribution < -0.4 is 25.3 Å². The summed E-state index contributed by atoms with van der Waals surface area (Å²) >= 11 is 0. The highest BCUT2D eigenvalue weighted by Crippen LogP contribution is 2.42. The number of rotatable bonds is 7. The van der Waals surface area contributed by atoms with E-state index < -0.39 is 8.07 Å². The molecule has 4 nitrogen and oxygen atoms in total. The maximum atomic E-state index is 5.53. The third-order valence-corrected chi connectivity index (χ3v) is 17.3. The molecule has 0 atom stereocenters. The largest absolute Gasteiger partial charge is 0.409 e. The number of hydrogen-bond acceptors (Lipinski definition) is 1. The van der Waals surface area contributed by atoms with E-state index in [9.17, 15) is 0 Å². The second kappa shape index (κ2) is 14.2. The summed E-state index contributed by atoms with van der Waals surface area (Å²) in [5.41, 5.74) is 7.73. The lowest BCUT2D eigenvalue weighted by Gasteiger charge is -2.34. The number of aromatic nitrogens is 4. The van der Waals surface area contributed by atoms with Gasteiger partial charge in [0.2, 0.25) is 0 Å². The van der Waals surface area contributed by atoms with Crippen LogP contribution in [0.3, 0.4) is 0 Å². The molecule has 3 aromatic heterocycles. The van der Waals surface area contributed by atoms with Crippen molar-refractivity contribution < 1.29 is 4.57 Å². The van der Waals surface area contributed by atoms with Gasteiger partial charge in [-0.2, -0.15) is 4.57 Å². The molecule has 0 amide bonds. The summed E-state index contributed by atoms with van der Waals surface area (Å²) in [5, 5.41) is 11.3. The van der Waals surface area contributed by atoms with Gasteiger partial charge in [-0.3, -0.25) is 0 Å². The van der Waals surface area contributed by atoms with Crippen LogP contribution in [0.5, 0.6) is 0 Å². The molecule has 5 heteroatoms. The van der Waals surface area contributed by atoms with Crippen LogP contribution in [-0.4, -0.2) is 22.2 Å². The SMILES string of the molecule is c1ccc(-n2c3ccccc3c3c4c5ccccc5n(-c5nc6ccccc6c[n+]5-c5ccc([Si](c6ccccc6)(c6ccccc6)c6ccccc6)cc5)c4ccc32)cc1. The van der Waals surface area contributed by atoms with E-state index in [4.69, 9.17) is 4.98 Å². The Balaban J connectivity index is 1.13. The number of para-hydroxylation sites is 4. The van der Waals surface area contributed by atoms with Crippen molar-refractivity contribution in [2.45, 2.75) is 0 Å². The van der Waals surface area contributed by atoms with E-state index in [-0.39, 0.29) is 0 Å². The van der Waals surface area contributed by atoms with Crippen LogP contribution in [0.25, 0.3) is 71.8 Å². The first-order valence-electron chi connectivity index (χ1n) is 20.9. The van der Waals surface area contributed by atoms with E-state index in [2.05, 4.69) is 250 Å². The normalized spacial score (nSPS) is 11.9. The molecular formula is C56H39N4Si+. The molecule has 0 aliphatic heterocycles. The maximum absolute atomic E-state index is 5.53. The maximum Gasteiger partial charge on any atom is 0.409 e. The molecule has 286 valence electrons. The Hall–Kier alpha value is -7.86. The predicted octanol–water partition coefficient (Wildman–Crippen LogP) is 10.1. The topological polar surface area (TPSA) is 26.6 Å². The van der Waals surface area contributed by atoms with Crippen molar-refractivity contribution in [3.63, 3.8) is 0 Å². The molecule has 0 fully saturated rings. The van der Waals surface area contributed by atoms with Gasteiger partial charge in [0.15, 0.2) is 13.6 Å². The molecule has 61 heavy (non-hydrogen) atoms. The molecule has 0 aliphatic carbocycles. The van der Waals surface area contributed by atoms with Gasteiger partial charge in [0.25, 0.3) is 0 Å². The third kappa shape index (κ3) is 5.38. The van der Waals surface area contributed by atoms with E-state index >= 15 is 0 Å². The number of benzene rings is 9. The summed E-state index contributed by atoms with van der Waals surface area (Å²) in [6.07, 6.45) is 2.25. The molecule has 0 N–H and O–H groups in total. The van der Waals surface area contributed by atoms with E-state index in [0.717, 1.165) is 39.3 Å². The van der Waals surface area contributed by atoms with Crippen molar-refractivity contribution >= 4 is 83.3 Å². The summed E-state index contributed by atoms with van der Waals surface area (Å²) < 4.78 is 7.05. The zero-order valence-electron chi connectivity index (χ0n) is 33.3. The first-order valence-corrected chi connectivity index (χ1v) is 22.9. The molecule has 0 bridgehead atoms. The van der Waals surface area contributed by atoms with Crippen LogP contribution in [0.15, 0.2) is 237 Å². The number of nitrogens with zero attached hydrogens (tertiary/aromatic N) is 4. The minimum atomic E-state index is -2.71. The van der Waals surface area contributed by atoms with Crippen molar-refractivity contribution in [3.05, 3.63) is 237 Å². The summed E-state index contributed by atoms with van der Waals surface area (Å²) in [4.78, 5) is 5.53. The quantitative estimate of drug-likeness (QED) is 0.0897. The third-order valence-electron chi connectivity index (χ3n) is 12.5. The average Bonchev–Trinajstić information content (AvgIpc) is 3.86. The van der Waals surface area contributed by atoms with Gasteiger partial charge in [0.05, 0.1) is 17.2 Å². The lowest BCUT2D eigenvalue weighted by atomic mass is 10.1. The highest BCUT2D eigenvalue weighted by atomic mass is 28.3. The molecule has 12 aromatic rings. The van der Waals surface area contributed by atoms with Gasteiger partial charge in [0, 0.05) is 32.6 Å². The van der Waals surface area contributed by atoms with Gasteiger partial charge < -0.3 is 4.57 Å². The molecule has 9 aromatic carbocycles. The Morgan fingerprint density at radius 1 is 0.361 bits per heavy atom. The Bertz CT molecular complexity index is 3460. The molecule has 0 spiro atoms. The van der Waals surface area contributed by atoms with Gasteiger partial charge in [-0.1, -0.05) is 175 Å². The van der Waals surface area contributed by atoms with Gasteiger partial charge in [-0.15, -0.1) is 0 Å². The molecule has 0 saturated carbocycles. The molecule has 0 aliphatic rings. The van der Waals surface area contributed by atoms with Crippen molar-refractivity contribution in [3.8, 4) is 17.3 Å². The van der Waals surface area contributed by atoms with Crippen molar-refractivity contribution in [2.75, 3.05) is 0 Å². The minimum Gasteiger partial charge on any atom is -0.309 e. The van der Waals surface area contributed by atoms with Crippen LogP contribution in [0.1, 0.15) is 0 Å². The number of fused-ring (bicyclic) bond motifs is 8. The van der Waals surface area contributed by atoms with E-state index in [0.29, 0.717) is 0 Å². The standard InChI is InChI=1S/C56H39N4Si/c1-5-20-42(21-6-1)59-50-31-17-14-28-47(50)54-52(59)37-38-53-55(54)48-29-15-18-32-51(48)60(53)56-57-49-30-16-13-19-40(49)39-58(56)41-33-35-46(36-34-41)61(43-22-7-2-8-23-43,44-24-9-3-10-25-44)45-26-11-4-12-27-45/h1-39H/q+1. The van der Waals surface area contributed by atoms with Crippen LogP contribution in [-0.2, 0) is 0 Å². The van der Waals surface area contributed by atoms with Crippen molar-refractivity contribution in [2.24, 2.45) is 0 Å². The Labute approximate surface area is 354 Å². The van der Waals surface area contributed by atoms with E-state index in [1.165, 1.54) is 53.3 Å². The Kier molecular flexibility index (Phi) is 8.15. The van der Waals surface area contributed by atoms with E-state index in [1.54, 1.807) is 0 Å². The summed E-state index contributed by atoms with van der Waals surface area (Å²) in [5.74, 6) is 0.835. The van der Waals surface area contributed by atoms with Crippen molar-refractivity contribution in [1.82, 2.24) is 14.1 Å². The van der Waals surface area contributed by atoms with Gasteiger partial charge in [-0.25, -0.2) is 4.57 Å². The lowest BCUT2D eigenvalue weighted by molar-refractivity contribution is -0.591. The average molecular weight is 796 g/mol. The van der Waals surface area contributed by atoms with Crippen molar-refractivity contribution in [1.29, 1.82) is 0 Å². The fraction of sp³-hybridized carbons (Fsp3) is 0. The molecular weight excluding hydrogens is 757 g/mol. The second-order valence-electron chi connectivity index (χ2n) is 15.8. The van der Waals surface area contributed by atoms with Crippen LogP contribution in [0, 0.1) is 0 Å². The van der Waals surface area contributed by atoms with Gasteiger partial charge in [0.1, 0.15) is 16.7 Å². The fourth-order valence-corrected chi connectivity index (χ4v) is 14.7. The first-order chi connectivity index (χ1) is 30.3. The minimum absolute atomic E-state index is 0.835. The van der Waals surface area contributed by atoms with Crippen LogP contribution >= 0.6 is 0 Å². The summed E-state index contributed by atoms with van der Waals surface area (Å²) in [7, 11) is -2.71. The molecule has 12 rings (SSSR count). The highest BCUT2D eigenvalue weighted by Gasteiger charge is 2.41. The predicted molar refractivity (Wildman–Crippen MR) is 256 cm³/mol. The molecule has 0 saturated heterocycles. The zero-order valence-corrected chi connectivity index (χ0v) is 34.3. The Morgan fingerprint density at radius 2 is 0.803 bits per heavy atom. The first kappa shape index (κ1) is 35.1. The van der Waals surface area contributed by atoms with E-state index in [1.807, 2.05) is 0 Å². The smallest absolute Gasteiger partial charge is 0.309 e. The lowest BCUT2D eigenvalue weighted by Crippen LogP contribution is -2.74. The molecule has 0 radical (unpaired) electrons. The monoisotopic (exact) mass is 795 g/mol. The summed E-state index contributed by atoms with van der Waals surface area (Å²) in [6.45, 7) is 0. The Morgan fingerprint density at radius 3 is 1.38 bits per heavy atom. The second-order valence-corrected chi connectivity index (χ2v) is 19.6. The highest BCUT2D eigenvalue weighted by molar-refractivity contribution is 7.19.